The molecule has 5 rings (SSSR count). The zero-order valence-corrected chi connectivity index (χ0v) is 14.6. The number of nitrogens with two attached hydrogens (primary N) is 1. The Morgan fingerprint density at radius 3 is 2.93 bits per heavy atom. The number of hydrogen-bond acceptors (Lipinski definition) is 6. The first-order valence-corrected chi connectivity index (χ1v) is 9.15. The molecule has 2 aromatic rings. The van der Waals surface area contributed by atoms with Gasteiger partial charge in [0.25, 0.3) is 6.02 Å². The Morgan fingerprint density at radius 2 is 2.15 bits per heavy atom. The van der Waals surface area contributed by atoms with Crippen molar-refractivity contribution in [1.82, 2.24) is 4.98 Å². The average Bonchev–Trinajstić information content (AvgIpc) is 3.04. The van der Waals surface area contributed by atoms with Gasteiger partial charge in [-0.15, -0.1) is 0 Å². The molecule has 1 unspecified atom stereocenters. The van der Waals surface area contributed by atoms with Crippen molar-refractivity contribution in [3.63, 3.8) is 0 Å². The van der Waals surface area contributed by atoms with E-state index in [4.69, 9.17) is 15.2 Å². The van der Waals surface area contributed by atoms with Gasteiger partial charge in [-0.2, -0.15) is 4.39 Å². The quantitative estimate of drug-likeness (QED) is 0.753. The largest absolute Gasteiger partial charge is 0.490 e. The van der Waals surface area contributed by atoms with Crippen molar-refractivity contribution in [2.45, 2.75) is 37.0 Å². The van der Waals surface area contributed by atoms with Gasteiger partial charge in [0.1, 0.15) is 24.0 Å². The predicted octanol–water partition coefficient (Wildman–Crippen LogP) is 2.35. The Labute approximate surface area is 155 Å². The van der Waals surface area contributed by atoms with E-state index >= 15 is 0 Å². The minimum atomic E-state index is -0.669. The highest BCUT2D eigenvalue weighted by Gasteiger charge is 2.55. The number of aliphatic hydroxyl groups is 1. The number of aliphatic imine (C=N–C) groups is 1. The number of nitrogens with zero attached hydrogens (tertiary/aromatic N) is 2. The minimum Gasteiger partial charge on any atom is -0.490 e. The fourth-order valence-corrected chi connectivity index (χ4v) is 4.66. The molecule has 1 spiro atoms. The van der Waals surface area contributed by atoms with Gasteiger partial charge in [-0.1, -0.05) is 6.07 Å². The topological polar surface area (TPSA) is 90.0 Å². The minimum absolute atomic E-state index is 0.0449. The standard InChI is InChI=1S/C20H20FN3O3/c21-18-13(2-1-7-23-18)11-3-6-16-15(8-11)20(10-26-19(22)24-20)14-5-4-12(25)9-17(14)27-16/h1-3,6-8,12,14,17,25H,4-5,9-10H2,(H2,22,24)/t12-,14+,17?,20-/m0/s1. The molecular weight excluding hydrogens is 349 g/mol. The molecule has 1 aromatic carbocycles. The van der Waals surface area contributed by atoms with Crippen LogP contribution >= 0.6 is 0 Å². The van der Waals surface area contributed by atoms with Crippen LogP contribution in [0.4, 0.5) is 4.39 Å². The van der Waals surface area contributed by atoms with Crippen molar-refractivity contribution in [3.05, 3.63) is 48.0 Å². The number of aromatic nitrogens is 1. The lowest BCUT2D eigenvalue weighted by Crippen LogP contribution is -2.51. The fourth-order valence-electron chi connectivity index (χ4n) is 4.66. The molecule has 27 heavy (non-hydrogen) atoms. The van der Waals surface area contributed by atoms with E-state index in [0.29, 0.717) is 36.3 Å². The summed E-state index contributed by atoms with van der Waals surface area (Å²) in [4.78, 5) is 8.43. The summed E-state index contributed by atoms with van der Waals surface area (Å²) in [5.41, 5.74) is 7.20. The van der Waals surface area contributed by atoms with Gasteiger partial charge in [0.2, 0.25) is 5.95 Å². The molecule has 2 aliphatic heterocycles. The van der Waals surface area contributed by atoms with Gasteiger partial charge in [0.05, 0.1) is 6.10 Å². The number of amidine groups is 1. The van der Waals surface area contributed by atoms with Crippen LogP contribution in [0.2, 0.25) is 0 Å². The highest BCUT2D eigenvalue weighted by molar-refractivity contribution is 5.75. The fraction of sp³-hybridized carbons (Fsp3) is 0.400. The number of hydrogen-bond donors (Lipinski definition) is 2. The molecule has 6 nitrogen and oxygen atoms in total. The number of aliphatic hydroxyl groups excluding tert-OH is 1. The second-order valence-electron chi connectivity index (χ2n) is 7.45. The summed E-state index contributed by atoms with van der Waals surface area (Å²) < 4.78 is 26.0. The molecule has 1 aliphatic carbocycles. The van der Waals surface area contributed by atoms with Gasteiger partial charge in [0, 0.05) is 29.7 Å². The molecule has 4 atom stereocenters. The summed E-state index contributed by atoms with van der Waals surface area (Å²) >= 11 is 0. The molecule has 0 amide bonds. The van der Waals surface area contributed by atoms with E-state index < -0.39 is 11.5 Å². The van der Waals surface area contributed by atoms with Crippen LogP contribution in [0.25, 0.3) is 11.1 Å². The van der Waals surface area contributed by atoms with Gasteiger partial charge >= 0.3 is 0 Å². The number of pyridine rings is 1. The van der Waals surface area contributed by atoms with Crippen molar-refractivity contribution in [1.29, 1.82) is 0 Å². The summed E-state index contributed by atoms with van der Waals surface area (Å²) in [6.45, 7) is 0.325. The molecule has 7 heteroatoms. The Balaban J connectivity index is 1.67. The zero-order valence-electron chi connectivity index (χ0n) is 14.6. The maximum absolute atomic E-state index is 14.2. The summed E-state index contributed by atoms with van der Waals surface area (Å²) in [5.74, 6) is 0.205. The summed E-state index contributed by atoms with van der Waals surface area (Å²) in [5, 5.41) is 10.1. The van der Waals surface area contributed by atoms with E-state index in [-0.39, 0.29) is 24.1 Å². The van der Waals surface area contributed by atoms with E-state index in [2.05, 4.69) is 9.98 Å². The van der Waals surface area contributed by atoms with E-state index in [0.717, 1.165) is 12.0 Å². The second-order valence-corrected chi connectivity index (χ2v) is 7.45. The van der Waals surface area contributed by atoms with Gasteiger partial charge in [-0.3, -0.25) is 0 Å². The Morgan fingerprint density at radius 1 is 1.26 bits per heavy atom. The normalized spacial score (nSPS) is 31.5. The average molecular weight is 369 g/mol. The zero-order chi connectivity index (χ0) is 18.6. The van der Waals surface area contributed by atoms with E-state index in [1.54, 1.807) is 12.1 Å². The Hall–Kier alpha value is -2.67. The van der Waals surface area contributed by atoms with Crippen molar-refractivity contribution in [3.8, 4) is 16.9 Å². The molecule has 0 saturated heterocycles. The molecule has 140 valence electrons. The van der Waals surface area contributed by atoms with Gasteiger partial charge in [-0.25, -0.2) is 9.98 Å². The second kappa shape index (κ2) is 5.92. The molecule has 0 radical (unpaired) electrons. The number of rotatable bonds is 1. The monoisotopic (exact) mass is 369 g/mol. The van der Waals surface area contributed by atoms with Gasteiger partial charge in [-0.05, 0) is 42.7 Å². The maximum Gasteiger partial charge on any atom is 0.283 e. The molecular formula is C20H20FN3O3. The third kappa shape index (κ3) is 2.49. The van der Waals surface area contributed by atoms with Crippen molar-refractivity contribution in [2.75, 3.05) is 6.61 Å². The van der Waals surface area contributed by atoms with Crippen LogP contribution in [0.15, 0.2) is 41.5 Å². The van der Waals surface area contributed by atoms with Crippen LogP contribution in [0.5, 0.6) is 5.75 Å². The lowest BCUT2D eigenvalue weighted by atomic mass is 9.67. The maximum atomic E-state index is 14.2. The van der Waals surface area contributed by atoms with E-state index in [1.165, 1.54) is 6.20 Å². The molecule has 1 saturated carbocycles. The van der Waals surface area contributed by atoms with Gasteiger partial charge < -0.3 is 20.3 Å². The van der Waals surface area contributed by atoms with Crippen LogP contribution in [0, 0.1) is 11.9 Å². The summed E-state index contributed by atoms with van der Waals surface area (Å²) in [7, 11) is 0. The lowest BCUT2D eigenvalue weighted by Gasteiger charge is -2.47. The summed E-state index contributed by atoms with van der Waals surface area (Å²) in [6, 6.07) is 9.11. The molecule has 1 fully saturated rings. The lowest BCUT2D eigenvalue weighted by molar-refractivity contribution is -0.0360. The highest BCUT2D eigenvalue weighted by Crippen LogP contribution is 2.53. The SMILES string of the molecule is NC1=N[C@]2(CO1)c1cc(-c3cccnc3F)ccc1OC1C[C@@H](O)CC[C@H]12. The number of ether oxygens (including phenoxy) is 2. The predicted molar refractivity (Wildman–Crippen MR) is 96.6 cm³/mol. The van der Waals surface area contributed by atoms with Crippen molar-refractivity contribution < 1.29 is 19.0 Å². The van der Waals surface area contributed by atoms with Crippen LogP contribution in [-0.2, 0) is 10.3 Å². The van der Waals surface area contributed by atoms with Crippen LogP contribution < -0.4 is 10.5 Å². The number of fused-ring (bicyclic) bond motifs is 4. The Kier molecular flexibility index (Phi) is 3.62. The summed E-state index contributed by atoms with van der Waals surface area (Å²) in [6.07, 6.45) is 2.90. The Bertz CT molecular complexity index is 934. The van der Waals surface area contributed by atoms with Crippen molar-refractivity contribution >= 4 is 6.02 Å². The third-order valence-electron chi connectivity index (χ3n) is 5.92. The smallest absolute Gasteiger partial charge is 0.283 e. The molecule has 3 aliphatic rings. The number of halogens is 1. The highest BCUT2D eigenvalue weighted by atomic mass is 19.1. The first-order chi connectivity index (χ1) is 13.1. The van der Waals surface area contributed by atoms with Crippen LogP contribution in [0.1, 0.15) is 24.8 Å². The van der Waals surface area contributed by atoms with Gasteiger partial charge in [0.15, 0.2) is 0 Å². The molecule has 0 bridgehead atoms. The molecule has 3 heterocycles. The van der Waals surface area contributed by atoms with Crippen molar-refractivity contribution in [2.24, 2.45) is 16.6 Å². The van der Waals surface area contributed by atoms with Crippen LogP contribution in [-0.4, -0.2) is 34.9 Å². The van der Waals surface area contributed by atoms with E-state index in [9.17, 15) is 9.50 Å². The van der Waals surface area contributed by atoms with E-state index in [1.807, 2.05) is 18.2 Å². The third-order valence-corrected chi connectivity index (χ3v) is 5.92. The first kappa shape index (κ1) is 16.5. The first-order valence-electron chi connectivity index (χ1n) is 9.15. The molecule has 1 aromatic heterocycles. The molecule has 3 N–H and O–H groups in total. The number of benzene rings is 1. The van der Waals surface area contributed by atoms with Crippen LogP contribution in [0.3, 0.4) is 0 Å².